The van der Waals surface area contributed by atoms with E-state index in [4.69, 9.17) is 14.8 Å². The van der Waals surface area contributed by atoms with E-state index in [2.05, 4.69) is 46.2 Å². The van der Waals surface area contributed by atoms with E-state index in [-0.39, 0.29) is 0 Å². The smallest absolute Gasteiger partial charge is 0.227 e. The standard InChI is InChI=1S/C26H29N7O/c1-3-33-14-23(25(31-33)18-5-4-7-27-11-18)24-6-8-28-26(30-24)29-20-9-17(2)22-13-32(12-19(22)10-20)21-15-34-16-21/h4-11,14,17,21-22H,3,12-13,15-16H2,1-2H3,(H,28,29,30). The van der Waals surface area contributed by atoms with Crippen LogP contribution in [-0.4, -0.2) is 62.0 Å². The first-order valence-electron chi connectivity index (χ1n) is 12.0. The molecule has 0 radical (unpaired) electrons. The minimum Gasteiger partial charge on any atom is -0.378 e. The molecule has 5 heterocycles. The molecule has 2 saturated heterocycles. The van der Waals surface area contributed by atoms with E-state index in [1.165, 1.54) is 5.57 Å². The van der Waals surface area contributed by atoms with Crippen molar-refractivity contribution in [3.63, 3.8) is 0 Å². The van der Waals surface area contributed by atoms with E-state index in [1.54, 1.807) is 12.4 Å². The largest absolute Gasteiger partial charge is 0.378 e. The van der Waals surface area contributed by atoms with E-state index in [1.807, 2.05) is 35.3 Å². The highest BCUT2D eigenvalue weighted by Crippen LogP contribution is 2.37. The van der Waals surface area contributed by atoms with Gasteiger partial charge in [0.2, 0.25) is 5.95 Å². The molecule has 174 valence electrons. The third-order valence-corrected chi connectivity index (χ3v) is 7.06. The van der Waals surface area contributed by atoms with Crippen LogP contribution in [-0.2, 0) is 11.3 Å². The topological polar surface area (TPSA) is 81.0 Å². The lowest BCUT2D eigenvalue weighted by atomic mass is 9.84. The third kappa shape index (κ3) is 3.93. The second kappa shape index (κ2) is 8.77. The van der Waals surface area contributed by atoms with Gasteiger partial charge in [0.25, 0.3) is 0 Å². The van der Waals surface area contributed by atoms with Crippen LogP contribution >= 0.6 is 0 Å². The predicted octanol–water partition coefficient (Wildman–Crippen LogP) is 3.62. The first kappa shape index (κ1) is 21.2. The van der Waals surface area contributed by atoms with Crippen molar-refractivity contribution in [2.75, 3.05) is 31.6 Å². The Labute approximate surface area is 199 Å². The van der Waals surface area contributed by atoms with Crippen LogP contribution in [0.25, 0.3) is 22.5 Å². The van der Waals surface area contributed by atoms with Crippen LogP contribution < -0.4 is 5.32 Å². The van der Waals surface area contributed by atoms with Gasteiger partial charge >= 0.3 is 0 Å². The molecule has 2 atom stereocenters. The first-order chi connectivity index (χ1) is 16.7. The molecule has 1 N–H and O–H groups in total. The molecule has 3 aliphatic rings. The summed E-state index contributed by atoms with van der Waals surface area (Å²) in [6, 6.07) is 6.46. The fraction of sp³-hybridized carbons (Fsp3) is 0.385. The Balaban J connectivity index is 1.26. The summed E-state index contributed by atoms with van der Waals surface area (Å²) in [6.07, 6.45) is 12.0. The summed E-state index contributed by atoms with van der Waals surface area (Å²) in [5.41, 5.74) is 6.21. The normalized spacial score (nSPS) is 22.6. The lowest BCUT2D eigenvalue weighted by molar-refractivity contribution is -0.0579. The molecule has 3 aromatic rings. The number of hydrogen-bond donors (Lipinski definition) is 1. The van der Waals surface area contributed by atoms with Crippen LogP contribution in [0.1, 0.15) is 13.8 Å². The van der Waals surface area contributed by atoms with Crippen molar-refractivity contribution in [1.82, 2.24) is 29.6 Å². The summed E-state index contributed by atoms with van der Waals surface area (Å²) in [4.78, 5) is 16.2. The Morgan fingerprint density at radius 1 is 1.21 bits per heavy atom. The Hall–Kier alpha value is -3.36. The molecule has 34 heavy (non-hydrogen) atoms. The van der Waals surface area contributed by atoms with Crippen molar-refractivity contribution in [3.05, 3.63) is 66.4 Å². The number of allylic oxidation sites excluding steroid dienone is 2. The summed E-state index contributed by atoms with van der Waals surface area (Å²) in [5, 5.41) is 8.23. The van der Waals surface area contributed by atoms with Gasteiger partial charge in [-0.2, -0.15) is 5.10 Å². The van der Waals surface area contributed by atoms with Crippen LogP contribution in [0.15, 0.2) is 66.4 Å². The van der Waals surface area contributed by atoms with E-state index in [0.717, 1.165) is 61.1 Å². The van der Waals surface area contributed by atoms with Gasteiger partial charge in [-0.25, -0.2) is 9.97 Å². The second-order valence-electron chi connectivity index (χ2n) is 9.31. The zero-order valence-corrected chi connectivity index (χ0v) is 19.6. The first-order valence-corrected chi connectivity index (χ1v) is 12.0. The molecule has 0 amide bonds. The number of nitrogens with one attached hydrogen (secondary N) is 1. The van der Waals surface area contributed by atoms with Crippen molar-refractivity contribution in [2.24, 2.45) is 11.8 Å². The predicted molar refractivity (Wildman–Crippen MR) is 131 cm³/mol. The molecular weight excluding hydrogens is 426 g/mol. The minimum atomic E-state index is 0.469. The molecule has 2 aliphatic heterocycles. The molecule has 1 aliphatic carbocycles. The van der Waals surface area contributed by atoms with Crippen molar-refractivity contribution >= 4 is 5.95 Å². The lowest BCUT2D eigenvalue weighted by Crippen LogP contribution is -2.48. The second-order valence-corrected chi connectivity index (χ2v) is 9.31. The quantitative estimate of drug-likeness (QED) is 0.608. The Morgan fingerprint density at radius 2 is 2.12 bits per heavy atom. The molecule has 0 saturated carbocycles. The van der Waals surface area contributed by atoms with E-state index < -0.39 is 0 Å². The molecule has 8 heteroatoms. The number of aromatic nitrogens is 5. The molecule has 0 bridgehead atoms. The monoisotopic (exact) mass is 455 g/mol. The van der Waals surface area contributed by atoms with Crippen LogP contribution in [0, 0.1) is 11.8 Å². The summed E-state index contributed by atoms with van der Waals surface area (Å²) in [6.45, 7) is 9.04. The van der Waals surface area contributed by atoms with Crippen LogP contribution in [0.2, 0.25) is 0 Å². The summed E-state index contributed by atoms with van der Waals surface area (Å²) in [5.74, 6) is 1.65. The highest BCUT2D eigenvalue weighted by atomic mass is 16.5. The number of fused-ring (bicyclic) bond motifs is 1. The highest BCUT2D eigenvalue weighted by molar-refractivity contribution is 5.78. The zero-order chi connectivity index (χ0) is 23.1. The molecule has 8 nitrogen and oxygen atoms in total. The summed E-state index contributed by atoms with van der Waals surface area (Å²) >= 11 is 0. The number of aryl methyl sites for hydroxylation is 1. The Bertz CT molecular complexity index is 1250. The van der Waals surface area contributed by atoms with Gasteiger partial charge in [0.05, 0.1) is 24.9 Å². The molecule has 3 aromatic heterocycles. The number of nitrogens with zero attached hydrogens (tertiary/aromatic N) is 6. The Morgan fingerprint density at radius 3 is 2.88 bits per heavy atom. The minimum absolute atomic E-state index is 0.469. The van der Waals surface area contributed by atoms with Gasteiger partial charge < -0.3 is 10.1 Å². The number of pyridine rings is 1. The fourth-order valence-electron chi connectivity index (χ4n) is 5.06. The summed E-state index contributed by atoms with van der Waals surface area (Å²) in [7, 11) is 0. The average molecular weight is 456 g/mol. The molecular formula is C26H29N7O. The number of likely N-dealkylation sites (tertiary alicyclic amines) is 1. The molecule has 2 fully saturated rings. The molecule has 6 rings (SSSR count). The molecule has 0 spiro atoms. The van der Waals surface area contributed by atoms with Gasteiger partial charge in [-0.15, -0.1) is 0 Å². The van der Waals surface area contributed by atoms with E-state index in [9.17, 15) is 0 Å². The van der Waals surface area contributed by atoms with E-state index >= 15 is 0 Å². The van der Waals surface area contributed by atoms with Gasteiger partial charge in [0.1, 0.15) is 5.69 Å². The van der Waals surface area contributed by atoms with Crippen LogP contribution in [0.3, 0.4) is 0 Å². The van der Waals surface area contributed by atoms with Gasteiger partial charge in [-0.05, 0) is 42.7 Å². The van der Waals surface area contributed by atoms with Crippen molar-refractivity contribution in [1.29, 1.82) is 0 Å². The number of rotatable bonds is 6. The maximum Gasteiger partial charge on any atom is 0.227 e. The van der Waals surface area contributed by atoms with Crippen LogP contribution in [0.4, 0.5) is 5.95 Å². The SMILES string of the molecule is CCn1cc(-c2ccnc(NC3=CC(C)C4CN(C5COC5)CC4=C3)n2)c(-c2cccnc2)n1. The van der Waals surface area contributed by atoms with Gasteiger partial charge in [0.15, 0.2) is 0 Å². The highest BCUT2D eigenvalue weighted by Gasteiger charge is 2.38. The fourth-order valence-corrected chi connectivity index (χ4v) is 5.06. The van der Waals surface area contributed by atoms with Crippen molar-refractivity contribution in [2.45, 2.75) is 26.4 Å². The third-order valence-electron chi connectivity index (χ3n) is 7.06. The lowest BCUT2D eigenvalue weighted by Gasteiger charge is -2.34. The van der Waals surface area contributed by atoms with Gasteiger partial charge in [0, 0.05) is 67.2 Å². The maximum absolute atomic E-state index is 5.41. The number of hydrogen-bond acceptors (Lipinski definition) is 7. The van der Waals surface area contributed by atoms with E-state index in [0.29, 0.717) is 23.8 Å². The van der Waals surface area contributed by atoms with Gasteiger partial charge in [-0.3, -0.25) is 14.6 Å². The number of anilines is 1. The van der Waals surface area contributed by atoms with Crippen molar-refractivity contribution < 1.29 is 4.74 Å². The Kier molecular flexibility index (Phi) is 5.47. The molecule has 2 unspecified atom stereocenters. The van der Waals surface area contributed by atoms with Crippen LogP contribution in [0.5, 0.6) is 0 Å². The van der Waals surface area contributed by atoms with Crippen molar-refractivity contribution in [3.8, 4) is 22.5 Å². The average Bonchev–Trinajstić information content (AvgIpc) is 3.43. The maximum atomic E-state index is 5.41. The zero-order valence-electron chi connectivity index (χ0n) is 19.6. The number of ether oxygens (including phenoxy) is 1. The summed E-state index contributed by atoms with van der Waals surface area (Å²) < 4.78 is 7.34. The molecule has 0 aromatic carbocycles. The van der Waals surface area contributed by atoms with Gasteiger partial charge in [-0.1, -0.05) is 13.0 Å².